The van der Waals surface area contributed by atoms with Crippen LogP contribution in [0.2, 0.25) is 0 Å². The summed E-state index contributed by atoms with van der Waals surface area (Å²) in [6.45, 7) is 0. The molecule has 3 aromatic rings. The second kappa shape index (κ2) is 4.41. The summed E-state index contributed by atoms with van der Waals surface area (Å²) in [5.74, 6) is 0. The Hall–Kier alpha value is -2.48. The van der Waals surface area contributed by atoms with Crippen LogP contribution in [0.25, 0.3) is 16.9 Å². The lowest BCUT2D eigenvalue weighted by molar-refractivity contribution is 1.09. The number of nitrogens with one attached hydrogen (secondary N) is 1. The lowest BCUT2D eigenvalue weighted by atomic mass is 10.1. The van der Waals surface area contributed by atoms with Gasteiger partial charge in [0.05, 0.1) is 11.4 Å². The zero-order valence-electron chi connectivity index (χ0n) is 9.88. The van der Waals surface area contributed by atoms with Crippen LogP contribution in [0.1, 0.15) is 0 Å². The molecule has 2 nitrogen and oxygen atoms in total. The minimum Gasteiger partial charge on any atom is -0.317 e. The van der Waals surface area contributed by atoms with Gasteiger partial charge in [0.25, 0.3) is 0 Å². The molecule has 0 bridgehead atoms. The predicted molar refractivity (Wildman–Crippen MR) is 74.0 cm³/mol. The van der Waals surface area contributed by atoms with E-state index in [1.165, 1.54) is 0 Å². The summed E-state index contributed by atoms with van der Waals surface area (Å²) in [5, 5.41) is 0. The summed E-state index contributed by atoms with van der Waals surface area (Å²) in [4.78, 5) is 0. The topological polar surface area (TPSA) is 28.7 Å². The van der Waals surface area contributed by atoms with Crippen LogP contribution < -0.4 is 5.73 Å². The Morgan fingerprint density at radius 2 is 1.44 bits per heavy atom. The van der Waals surface area contributed by atoms with Gasteiger partial charge in [-0.25, -0.2) is 0 Å². The van der Waals surface area contributed by atoms with Crippen molar-refractivity contribution in [1.29, 1.82) is 0 Å². The van der Waals surface area contributed by atoms with E-state index in [4.69, 9.17) is 5.73 Å². The van der Waals surface area contributed by atoms with Crippen molar-refractivity contribution in [2.24, 2.45) is 0 Å². The molecular formula is C16H13N2. The first-order chi connectivity index (χ1) is 8.86. The van der Waals surface area contributed by atoms with E-state index in [9.17, 15) is 0 Å². The lowest BCUT2D eigenvalue weighted by Crippen LogP contribution is -1.95. The van der Waals surface area contributed by atoms with E-state index in [2.05, 4.69) is 16.7 Å². The first-order valence-corrected chi connectivity index (χ1v) is 5.90. The average Bonchev–Trinajstić information content (AvgIpc) is 2.89. The molecule has 1 N–H and O–H groups in total. The molecule has 0 spiro atoms. The van der Waals surface area contributed by atoms with Crippen LogP contribution >= 0.6 is 0 Å². The molecule has 0 saturated heterocycles. The molecule has 0 unspecified atom stereocenters. The average molecular weight is 233 g/mol. The standard InChI is InChI=1S/C16H13N2/c17-15-10-5-4-9-14(15)16-11-6-12-18(16)13-7-2-1-3-8-13/h1-12,17H. The molecule has 0 amide bonds. The van der Waals surface area contributed by atoms with E-state index < -0.39 is 0 Å². The van der Waals surface area contributed by atoms with Gasteiger partial charge in [0, 0.05) is 17.4 Å². The number of hydrogen-bond donors (Lipinski definition) is 0. The summed E-state index contributed by atoms with van der Waals surface area (Å²) in [5.41, 5.74) is 11.7. The molecule has 87 valence electrons. The highest BCUT2D eigenvalue weighted by Crippen LogP contribution is 2.28. The molecule has 0 atom stereocenters. The van der Waals surface area contributed by atoms with Gasteiger partial charge >= 0.3 is 0 Å². The number of nitrogens with zero attached hydrogens (tertiary/aromatic N) is 1. The third-order valence-electron chi connectivity index (χ3n) is 2.99. The summed E-state index contributed by atoms with van der Waals surface area (Å²) in [6, 6.07) is 21.9. The fourth-order valence-corrected chi connectivity index (χ4v) is 2.12. The first-order valence-electron chi connectivity index (χ1n) is 5.90. The molecule has 0 aliphatic carbocycles. The third kappa shape index (κ3) is 1.78. The highest BCUT2D eigenvalue weighted by atomic mass is 15.0. The Bertz CT molecular complexity index is 654. The number of aromatic nitrogens is 1. The van der Waals surface area contributed by atoms with Gasteiger partial charge in [-0.2, -0.15) is 0 Å². The van der Waals surface area contributed by atoms with Crippen molar-refractivity contribution in [3.63, 3.8) is 0 Å². The molecule has 18 heavy (non-hydrogen) atoms. The van der Waals surface area contributed by atoms with Gasteiger partial charge in [0.1, 0.15) is 0 Å². The third-order valence-corrected chi connectivity index (χ3v) is 2.99. The quantitative estimate of drug-likeness (QED) is 0.638. The smallest absolute Gasteiger partial charge is 0.0633 e. The van der Waals surface area contributed by atoms with Gasteiger partial charge in [0.2, 0.25) is 0 Å². The zero-order valence-corrected chi connectivity index (χ0v) is 9.88. The van der Waals surface area contributed by atoms with Crippen LogP contribution in [0.4, 0.5) is 5.69 Å². The van der Waals surface area contributed by atoms with Gasteiger partial charge in [-0.1, -0.05) is 36.4 Å². The predicted octanol–water partition coefficient (Wildman–Crippen LogP) is 4.06. The molecule has 1 radical (unpaired) electrons. The first kappa shape index (κ1) is 10.7. The van der Waals surface area contributed by atoms with Crippen LogP contribution in [-0.4, -0.2) is 4.57 Å². The zero-order chi connectivity index (χ0) is 12.4. The Kier molecular flexibility index (Phi) is 2.61. The van der Waals surface area contributed by atoms with E-state index >= 15 is 0 Å². The van der Waals surface area contributed by atoms with Crippen molar-refractivity contribution in [2.75, 3.05) is 0 Å². The van der Waals surface area contributed by atoms with E-state index in [0.717, 1.165) is 16.9 Å². The normalized spacial score (nSPS) is 10.4. The summed E-state index contributed by atoms with van der Waals surface area (Å²) < 4.78 is 2.10. The van der Waals surface area contributed by atoms with E-state index in [1.807, 2.05) is 60.8 Å². The molecule has 0 aliphatic rings. The Morgan fingerprint density at radius 3 is 2.22 bits per heavy atom. The maximum absolute atomic E-state index is 7.99. The maximum Gasteiger partial charge on any atom is 0.0633 e. The lowest BCUT2D eigenvalue weighted by Gasteiger charge is -2.10. The van der Waals surface area contributed by atoms with Crippen molar-refractivity contribution in [3.05, 3.63) is 72.9 Å². The van der Waals surface area contributed by atoms with Gasteiger partial charge in [0.15, 0.2) is 0 Å². The number of rotatable bonds is 2. The molecule has 1 aromatic heterocycles. The second-order valence-corrected chi connectivity index (χ2v) is 4.14. The molecule has 0 aliphatic heterocycles. The molecule has 0 fully saturated rings. The van der Waals surface area contributed by atoms with Crippen LogP contribution in [0.15, 0.2) is 72.9 Å². The Morgan fingerprint density at radius 1 is 0.722 bits per heavy atom. The van der Waals surface area contributed by atoms with Gasteiger partial charge in [-0.15, -0.1) is 0 Å². The highest BCUT2D eigenvalue weighted by molar-refractivity contribution is 5.74. The van der Waals surface area contributed by atoms with Crippen molar-refractivity contribution in [2.45, 2.75) is 0 Å². The molecular weight excluding hydrogens is 220 g/mol. The second-order valence-electron chi connectivity index (χ2n) is 4.14. The maximum atomic E-state index is 7.99. The molecule has 1 heterocycles. The van der Waals surface area contributed by atoms with Crippen molar-refractivity contribution in [3.8, 4) is 16.9 Å². The molecule has 3 rings (SSSR count). The van der Waals surface area contributed by atoms with E-state index in [0.29, 0.717) is 5.69 Å². The molecule has 2 aromatic carbocycles. The van der Waals surface area contributed by atoms with Crippen LogP contribution in [0, 0.1) is 0 Å². The fourth-order valence-electron chi connectivity index (χ4n) is 2.12. The number of benzene rings is 2. The van der Waals surface area contributed by atoms with Crippen LogP contribution in [0.5, 0.6) is 0 Å². The van der Waals surface area contributed by atoms with Crippen molar-refractivity contribution < 1.29 is 0 Å². The van der Waals surface area contributed by atoms with Crippen molar-refractivity contribution in [1.82, 2.24) is 10.3 Å². The summed E-state index contributed by atoms with van der Waals surface area (Å²) in [6.07, 6.45) is 2.02. The summed E-state index contributed by atoms with van der Waals surface area (Å²) >= 11 is 0. The highest BCUT2D eigenvalue weighted by Gasteiger charge is 2.08. The monoisotopic (exact) mass is 233 g/mol. The van der Waals surface area contributed by atoms with E-state index in [-0.39, 0.29) is 0 Å². The number of para-hydroxylation sites is 1. The van der Waals surface area contributed by atoms with E-state index in [1.54, 1.807) is 0 Å². The minimum atomic E-state index is 0.549. The minimum absolute atomic E-state index is 0.549. The molecule has 0 saturated carbocycles. The summed E-state index contributed by atoms with van der Waals surface area (Å²) in [7, 11) is 0. The number of hydrogen-bond acceptors (Lipinski definition) is 0. The largest absolute Gasteiger partial charge is 0.317 e. The van der Waals surface area contributed by atoms with Gasteiger partial charge in [-0.3, -0.25) is 0 Å². The van der Waals surface area contributed by atoms with Gasteiger partial charge < -0.3 is 10.3 Å². The molecule has 2 heteroatoms. The Balaban J connectivity index is 2.16. The Labute approximate surface area is 106 Å². The SMILES string of the molecule is [NH]c1ccccc1-c1cccn1-c1ccccc1. The van der Waals surface area contributed by atoms with Crippen LogP contribution in [0.3, 0.4) is 0 Å². The van der Waals surface area contributed by atoms with Crippen LogP contribution in [-0.2, 0) is 0 Å². The fraction of sp³-hybridized carbons (Fsp3) is 0. The van der Waals surface area contributed by atoms with Crippen molar-refractivity contribution >= 4 is 5.69 Å². The van der Waals surface area contributed by atoms with Gasteiger partial charge in [-0.05, 0) is 30.3 Å².